The van der Waals surface area contributed by atoms with Gasteiger partial charge in [-0.15, -0.1) is 0 Å². The number of para-hydroxylation sites is 1. The smallest absolute Gasteiger partial charge is 0.0630 e. The van der Waals surface area contributed by atoms with E-state index in [4.69, 9.17) is 0 Å². The van der Waals surface area contributed by atoms with Crippen LogP contribution in [0.1, 0.15) is 32.2 Å². The number of rotatable bonds is 2. The minimum atomic E-state index is 0.152. The van der Waals surface area contributed by atoms with Crippen LogP contribution in [0.3, 0.4) is 0 Å². The van der Waals surface area contributed by atoms with Crippen molar-refractivity contribution in [1.82, 2.24) is 4.98 Å². The zero-order valence-electron chi connectivity index (χ0n) is 10.6. The van der Waals surface area contributed by atoms with Crippen molar-refractivity contribution >= 4 is 11.9 Å². The van der Waals surface area contributed by atoms with Crippen LogP contribution in [0.5, 0.6) is 0 Å². The Balaban J connectivity index is 2.15. The largest absolute Gasteiger partial charge is 0.357 e. The second kappa shape index (κ2) is 4.58. The molecule has 0 atom stereocenters. The molecule has 0 bridgehead atoms. The summed E-state index contributed by atoms with van der Waals surface area (Å²) in [6.45, 7) is 6.57. The maximum absolute atomic E-state index is 4.42. The number of nitrogens with one attached hydrogen (secondary N) is 1. The van der Waals surface area contributed by atoms with Gasteiger partial charge in [0.15, 0.2) is 0 Å². The van der Waals surface area contributed by atoms with E-state index < -0.39 is 0 Å². The number of benzene rings is 1. The van der Waals surface area contributed by atoms with Crippen molar-refractivity contribution in [2.45, 2.75) is 26.2 Å². The van der Waals surface area contributed by atoms with Gasteiger partial charge in [0.05, 0.1) is 17.6 Å². The first kappa shape index (κ1) is 11.6. The third kappa shape index (κ3) is 3.06. The summed E-state index contributed by atoms with van der Waals surface area (Å²) in [7, 11) is 0. The van der Waals surface area contributed by atoms with Gasteiger partial charge in [0.1, 0.15) is 0 Å². The summed E-state index contributed by atoms with van der Waals surface area (Å²) in [5, 5.41) is 0. The van der Waals surface area contributed by atoms with Gasteiger partial charge in [-0.1, -0.05) is 39.0 Å². The first-order valence-electron chi connectivity index (χ1n) is 5.84. The molecule has 2 rings (SSSR count). The van der Waals surface area contributed by atoms with E-state index in [-0.39, 0.29) is 5.41 Å². The molecule has 2 heteroatoms. The van der Waals surface area contributed by atoms with Crippen LogP contribution < -0.4 is 0 Å². The van der Waals surface area contributed by atoms with Crippen molar-refractivity contribution < 1.29 is 0 Å². The summed E-state index contributed by atoms with van der Waals surface area (Å²) < 4.78 is 0. The molecule has 0 aliphatic rings. The lowest BCUT2D eigenvalue weighted by Gasteiger charge is -2.15. The molecule has 0 aliphatic heterocycles. The van der Waals surface area contributed by atoms with E-state index in [0.717, 1.165) is 11.4 Å². The van der Waals surface area contributed by atoms with Crippen molar-refractivity contribution in [1.29, 1.82) is 0 Å². The lowest BCUT2D eigenvalue weighted by atomic mass is 9.93. The van der Waals surface area contributed by atoms with Gasteiger partial charge in [0.25, 0.3) is 0 Å². The maximum Gasteiger partial charge on any atom is 0.0630 e. The van der Waals surface area contributed by atoms with Crippen LogP contribution in [0.25, 0.3) is 0 Å². The quantitative estimate of drug-likeness (QED) is 0.748. The van der Waals surface area contributed by atoms with Gasteiger partial charge in [0.2, 0.25) is 0 Å². The van der Waals surface area contributed by atoms with E-state index in [2.05, 4.69) is 42.9 Å². The molecule has 1 N–H and O–H groups in total. The number of hydrogen-bond acceptors (Lipinski definition) is 1. The Morgan fingerprint density at radius 3 is 2.29 bits per heavy atom. The standard InChI is InChI=1S/C15H18N2/c1-15(2,3)14-10-9-13(17-14)11-16-12-7-5-4-6-8-12/h4-11,17H,1-3H3. The fourth-order valence-corrected chi connectivity index (χ4v) is 1.58. The third-order valence-corrected chi connectivity index (χ3v) is 2.63. The monoisotopic (exact) mass is 226 g/mol. The molecule has 1 heterocycles. The minimum absolute atomic E-state index is 0.152. The van der Waals surface area contributed by atoms with Crippen molar-refractivity contribution in [2.75, 3.05) is 0 Å². The normalized spacial score (nSPS) is 12.2. The molecule has 0 aliphatic carbocycles. The molecule has 0 saturated heterocycles. The predicted molar refractivity (Wildman–Crippen MR) is 73.2 cm³/mol. The van der Waals surface area contributed by atoms with Crippen LogP contribution in [0.2, 0.25) is 0 Å². The van der Waals surface area contributed by atoms with Crippen LogP contribution in [0, 0.1) is 0 Å². The van der Waals surface area contributed by atoms with Crippen molar-refractivity contribution in [3.05, 3.63) is 53.9 Å². The SMILES string of the molecule is CC(C)(C)c1ccc(C=Nc2ccccc2)[nH]1. The molecule has 0 saturated carbocycles. The number of nitrogens with zero attached hydrogens (tertiary/aromatic N) is 1. The van der Waals surface area contributed by atoms with Crippen LogP contribution in [-0.2, 0) is 5.41 Å². The molecule has 0 spiro atoms. The second-order valence-corrected chi connectivity index (χ2v) is 5.17. The molecule has 0 radical (unpaired) electrons. The highest BCUT2D eigenvalue weighted by Crippen LogP contribution is 2.20. The highest BCUT2D eigenvalue weighted by atomic mass is 14.8. The fraction of sp³-hybridized carbons (Fsp3) is 0.267. The van der Waals surface area contributed by atoms with Crippen LogP contribution in [-0.4, -0.2) is 11.2 Å². The van der Waals surface area contributed by atoms with E-state index in [0.29, 0.717) is 0 Å². The zero-order valence-corrected chi connectivity index (χ0v) is 10.6. The molecule has 0 fully saturated rings. The lowest BCUT2D eigenvalue weighted by molar-refractivity contribution is 0.572. The molecular formula is C15H18N2. The number of H-pyrrole nitrogens is 1. The zero-order chi connectivity index (χ0) is 12.3. The lowest BCUT2D eigenvalue weighted by Crippen LogP contribution is -2.11. The van der Waals surface area contributed by atoms with E-state index in [1.165, 1.54) is 5.69 Å². The molecular weight excluding hydrogens is 208 g/mol. The summed E-state index contributed by atoms with van der Waals surface area (Å²) in [4.78, 5) is 7.79. The number of aromatic amines is 1. The molecule has 88 valence electrons. The van der Waals surface area contributed by atoms with Crippen LogP contribution >= 0.6 is 0 Å². The third-order valence-electron chi connectivity index (χ3n) is 2.63. The summed E-state index contributed by atoms with van der Waals surface area (Å²) >= 11 is 0. The molecule has 17 heavy (non-hydrogen) atoms. The topological polar surface area (TPSA) is 28.1 Å². The summed E-state index contributed by atoms with van der Waals surface area (Å²) in [6, 6.07) is 14.1. The van der Waals surface area contributed by atoms with Crippen LogP contribution in [0.4, 0.5) is 5.69 Å². The van der Waals surface area contributed by atoms with Gasteiger partial charge in [-0.25, -0.2) is 0 Å². The first-order valence-corrected chi connectivity index (χ1v) is 5.84. The second-order valence-electron chi connectivity index (χ2n) is 5.17. The molecule has 1 aromatic carbocycles. The van der Waals surface area contributed by atoms with Gasteiger partial charge < -0.3 is 4.98 Å². The average molecular weight is 226 g/mol. The highest BCUT2D eigenvalue weighted by molar-refractivity contribution is 5.79. The van der Waals surface area contributed by atoms with Gasteiger partial charge in [-0.3, -0.25) is 4.99 Å². The maximum atomic E-state index is 4.42. The Morgan fingerprint density at radius 2 is 1.71 bits per heavy atom. The van der Waals surface area contributed by atoms with Crippen molar-refractivity contribution in [2.24, 2.45) is 4.99 Å². The van der Waals surface area contributed by atoms with Crippen molar-refractivity contribution in [3.8, 4) is 0 Å². The molecule has 0 amide bonds. The Morgan fingerprint density at radius 1 is 1.00 bits per heavy atom. The van der Waals surface area contributed by atoms with Gasteiger partial charge in [-0.05, 0) is 24.3 Å². The van der Waals surface area contributed by atoms with E-state index in [1.807, 2.05) is 36.5 Å². The Hall–Kier alpha value is -1.83. The van der Waals surface area contributed by atoms with E-state index >= 15 is 0 Å². The van der Waals surface area contributed by atoms with E-state index in [9.17, 15) is 0 Å². The Labute approximate surface area is 102 Å². The number of hydrogen-bond donors (Lipinski definition) is 1. The molecule has 0 unspecified atom stereocenters. The van der Waals surface area contributed by atoms with Crippen molar-refractivity contribution in [3.63, 3.8) is 0 Å². The predicted octanol–water partition coefficient (Wildman–Crippen LogP) is 4.06. The summed E-state index contributed by atoms with van der Waals surface area (Å²) in [5.41, 5.74) is 3.39. The molecule has 2 aromatic rings. The molecule has 1 aromatic heterocycles. The molecule has 2 nitrogen and oxygen atoms in total. The van der Waals surface area contributed by atoms with Gasteiger partial charge in [0, 0.05) is 11.1 Å². The minimum Gasteiger partial charge on any atom is -0.357 e. The van der Waals surface area contributed by atoms with Gasteiger partial charge >= 0.3 is 0 Å². The number of aromatic nitrogens is 1. The summed E-state index contributed by atoms with van der Waals surface area (Å²) in [5.74, 6) is 0. The fourth-order valence-electron chi connectivity index (χ4n) is 1.58. The Kier molecular flexibility index (Phi) is 3.14. The Bertz CT molecular complexity index is 501. The van der Waals surface area contributed by atoms with Gasteiger partial charge in [-0.2, -0.15) is 0 Å². The summed E-state index contributed by atoms with van der Waals surface area (Å²) in [6.07, 6.45) is 1.87. The first-order chi connectivity index (χ1) is 8.05. The number of aliphatic imine (C=N–C) groups is 1. The highest BCUT2D eigenvalue weighted by Gasteiger charge is 2.14. The van der Waals surface area contributed by atoms with Crippen LogP contribution in [0.15, 0.2) is 47.5 Å². The average Bonchev–Trinajstić information content (AvgIpc) is 2.76. The van der Waals surface area contributed by atoms with E-state index in [1.54, 1.807) is 0 Å².